The quantitative estimate of drug-likeness (QED) is 0.264. The van der Waals surface area contributed by atoms with Crippen LogP contribution in [0, 0.1) is 5.82 Å². The monoisotopic (exact) mass is 492 g/mol. The number of halogens is 6. The number of nitrogens with one attached hydrogen (secondary N) is 2. The van der Waals surface area contributed by atoms with Gasteiger partial charge in [0.15, 0.2) is 17.4 Å². The Morgan fingerprint density at radius 2 is 1.77 bits per heavy atom. The van der Waals surface area contributed by atoms with Crippen molar-refractivity contribution >= 4 is 22.5 Å². The minimum atomic E-state index is -4.69. The first-order chi connectivity index (χ1) is 16.5. The van der Waals surface area contributed by atoms with E-state index in [1.165, 1.54) is 30.5 Å². The summed E-state index contributed by atoms with van der Waals surface area (Å²) in [6, 6.07) is 8.66. The van der Waals surface area contributed by atoms with Crippen molar-refractivity contribution in [3.63, 3.8) is 0 Å². The standard InChI is InChI=1S/C24H18F6N4O/c25-17-10-14(34-7-5-23(26,27)6-8-34)11-18-20(17)33-22(32-18)19-9-13(12-31-19)21(35)15-3-1-2-4-16(15)24(28,29)30/h1-4,9-12,31H,5-8H2,(H,32,33). The van der Waals surface area contributed by atoms with Gasteiger partial charge in [-0.15, -0.1) is 0 Å². The van der Waals surface area contributed by atoms with Crippen LogP contribution in [0.4, 0.5) is 32.0 Å². The Balaban J connectivity index is 1.44. The van der Waals surface area contributed by atoms with E-state index in [0.29, 0.717) is 11.2 Å². The Bertz CT molecular complexity index is 1410. The number of carbonyl (C=O) groups is 1. The average Bonchev–Trinajstić information content (AvgIpc) is 3.45. The smallest absolute Gasteiger partial charge is 0.371 e. The summed E-state index contributed by atoms with van der Waals surface area (Å²) < 4.78 is 81.6. The highest BCUT2D eigenvalue weighted by molar-refractivity contribution is 6.10. The maximum Gasteiger partial charge on any atom is 0.417 e. The number of carbonyl (C=O) groups excluding carboxylic acids is 1. The molecule has 1 fully saturated rings. The van der Waals surface area contributed by atoms with Gasteiger partial charge in [-0.05, 0) is 24.3 Å². The highest BCUT2D eigenvalue weighted by Crippen LogP contribution is 2.35. The molecule has 0 spiro atoms. The number of hydrogen-bond donors (Lipinski definition) is 2. The number of imidazole rings is 1. The third kappa shape index (κ3) is 4.38. The number of anilines is 1. The summed E-state index contributed by atoms with van der Waals surface area (Å²) in [7, 11) is 0. The number of aromatic amines is 2. The van der Waals surface area contributed by atoms with Gasteiger partial charge in [0.25, 0.3) is 5.92 Å². The predicted octanol–water partition coefficient (Wildman–Crippen LogP) is 6.18. The lowest BCUT2D eigenvalue weighted by atomic mass is 9.99. The lowest BCUT2D eigenvalue weighted by molar-refractivity contribution is -0.137. The van der Waals surface area contributed by atoms with Crippen molar-refractivity contribution in [2.75, 3.05) is 18.0 Å². The van der Waals surface area contributed by atoms with E-state index in [0.717, 1.165) is 12.1 Å². The Labute approximate surface area is 194 Å². The van der Waals surface area contributed by atoms with E-state index in [2.05, 4.69) is 15.0 Å². The SMILES string of the molecule is O=C(c1c[nH]c(-c2nc3c(F)cc(N4CCC(F)(F)CC4)cc3[nH]2)c1)c1ccccc1C(F)(F)F. The van der Waals surface area contributed by atoms with Crippen LogP contribution in [0.15, 0.2) is 48.7 Å². The molecule has 0 saturated carbocycles. The molecule has 1 aliphatic heterocycles. The second-order valence-electron chi connectivity index (χ2n) is 8.43. The largest absolute Gasteiger partial charge is 0.417 e. The average molecular weight is 492 g/mol. The van der Waals surface area contributed by atoms with Crippen LogP contribution in [-0.2, 0) is 6.18 Å². The Morgan fingerprint density at radius 3 is 2.49 bits per heavy atom. The molecule has 5 rings (SSSR count). The summed E-state index contributed by atoms with van der Waals surface area (Å²) in [6.45, 7) is 0.168. The Morgan fingerprint density at radius 1 is 1.06 bits per heavy atom. The van der Waals surface area contributed by atoms with E-state index >= 15 is 0 Å². The first kappa shape index (κ1) is 23.0. The third-order valence-electron chi connectivity index (χ3n) is 6.06. The Hall–Kier alpha value is -3.76. The zero-order valence-electron chi connectivity index (χ0n) is 18.0. The van der Waals surface area contributed by atoms with Gasteiger partial charge in [0.2, 0.25) is 0 Å². The van der Waals surface area contributed by atoms with Crippen molar-refractivity contribution in [2.24, 2.45) is 0 Å². The maximum atomic E-state index is 14.8. The summed E-state index contributed by atoms with van der Waals surface area (Å²) >= 11 is 0. The molecule has 1 saturated heterocycles. The van der Waals surface area contributed by atoms with E-state index in [9.17, 15) is 31.1 Å². The first-order valence-electron chi connectivity index (χ1n) is 10.7. The minimum absolute atomic E-state index is 0.0102. The zero-order chi connectivity index (χ0) is 25.0. The number of aromatic nitrogens is 3. The summed E-state index contributed by atoms with van der Waals surface area (Å²) in [5.41, 5.74) is -0.514. The number of ketones is 1. The fourth-order valence-corrected chi connectivity index (χ4v) is 4.21. The highest BCUT2D eigenvalue weighted by atomic mass is 19.4. The van der Waals surface area contributed by atoms with Crippen LogP contribution < -0.4 is 4.90 Å². The fourth-order valence-electron chi connectivity index (χ4n) is 4.21. The molecule has 0 amide bonds. The summed E-state index contributed by atoms with van der Waals surface area (Å²) in [5.74, 6) is -4.04. The second-order valence-corrected chi connectivity index (χ2v) is 8.43. The van der Waals surface area contributed by atoms with Crippen molar-refractivity contribution in [1.82, 2.24) is 15.0 Å². The molecule has 0 radical (unpaired) electrons. The maximum absolute atomic E-state index is 14.8. The first-order valence-corrected chi connectivity index (χ1v) is 10.7. The van der Waals surface area contributed by atoms with Gasteiger partial charge in [0, 0.05) is 48.9 Å². The van der Waals surface area contributed by atoms with Gasteiger partial charge >= 0.3 is 6.18 Å². The molecule has 1 aliphatic rings. The van der Waals surface area contributed by atoms with E-state index < -0.39 is 34.8 Å². The van der Waals surface area contributed by atoms with Gasteiger partial charge in [-0.3, -0.25) is 4.79 Å². The molecular formula is C24H18F6N4O. The number of nitrogens with zero attached hydrogens (tertiary/aromatic N) is 2. The van der Waals surface area contributed by atoms with Crippen molar-refractivity contribution in [2.45, 2.75) is 24.9 Å². The molecule has 2 aromatic carbocycles. The molecule has 4 aromatic rings. The lowest BCUT2D eigenvalue weighted by Gasteiger charge is -2.33. The number of rotatable bonds is 4. The highest BCUT2D eigenvalue weighted by Gasteiger charge is 2.36. The van der Waals surface area contributed by atoms with Crippen LogP contribution >= 0.6 is 0 Å². The van der Waals surface area contributed by atoms with Gasteiger partial charge in [0.1, 0.15) is 5.52 Å². The van der Waals surface area contributed by atoms with E-state index in [-0.39, 0.29) is 48.5 Å². The van der Waals surface area contributed by atoms with E-state index in [1.807, 2.05) is 0 Å². The number of piperidine rings is 1. The number of fused-ring (bicyclic) bond motifs is 1. The van der Waals surface area contributed by atoms with Gasteiger partial charge in [-0.1, -0.05) is 18.2 Å². The van der Waals surface area contributed by atoms with Crippen LogP contribution in [0.2, 0.25) is 0 Å². The molecule has 2 aromatic heterocycles. The number of H-pyrrole nitrogens is 2. The van der Waals surface area contributed by atoms with E-state index in [4.69, 9.17) is 0 Å². The minimum Gasteiger partial charge on any atom is -0.371 e. The normalized spacial score (nSPS) is 16.1. The molecule has 5 nitrogen and oxygen atoms in total. The van der Waals surface area contributed by atoms with Crippen LogP contribution in [0.5, 0.6) is 0 Å². The van der Waals surface area contributed by atoms with Crippen molar-refractivity contribution in [3.8, 4) is 11.5 Å². The molecule has 182 valence electrons. The van der Waals surface area contributed by atoms with Crippen LogP contribution in [0.1, 0.15) is 34.3 Å². The van der Waals surface area contributed by atoms with Crippen LogP contribution in [0.3, 0.4) is 0 Å². The zero-order valence-corrected chi connectivity index (χ0v) is 18.0. The molecule has 3 heterocycles. The van der Waals surface area contributed by atoms with Crippen molar-refractivity contribution in [3.05, 3.63) is 71.2 Å². The van der Waals surface area contributed by atoms with Gasteiger partial charge in [0.05, 0.1) is 16.8 Å². The molecule has 0 aliphatic carbocycles. The summed E-state index contributed by atoms with van der Waals surface area (Å²) in [5, 5.41) is 0. The van der Waals surface area contributed by atoms with Gasteiger partial charge < -0.3 is 14.9 Å². The van der Waals surface area contributed by atoms with Gasteiger partial charge in [-0.2, -0.15) is 13.2 Å². The molecule has 35 heavy (non-hydrogen) atoms. The molecule has 0 bridgehead atoms. The number of alkyl halides is 5. The fraction of sp³-hybridized carbons (Fsp3) is 0.250. The van der Waals surface area contributed by atoms with Crippen LogP contribution in [-0.4, -0.2) is 39.7 Å². The molecule has 2 N–H and O–H groups in total. The molecule has 11 heteroatoms. The summed E-state index contributed by atoms with van der Waals surface area (Å²) in [4.78, 5) is 24.4. The summed E-state index contributed by atoms with van der Waals surface area (Å²) in [6.07, 6.45) is -4.08. The van der Waals surface area contributed by atoms with Crippen LogP contribution in [0.25, 0.3) is 22.6 Å². The molecule has 0 atom stereocenters. The second kappa shape index (κ2) is 8.17. The number of hydrogen-bond acceptors (Lipinski definition) is 3. The van der Waals surface area contributed by atoms with Gasteiger partial charge in [-0.25, -0.2) is 18.2 Å². The van der Waals surface area contributed by atoms with E-state index in [1.54, 1.807) is 11.0 Å². The molecular weight excluding hydrogens is 474 g/mol. The van der Waals surface area contributed by atoms with Crippen molar-refractivity contribution in [1.29, 1.82) is 0 Å². The predicted molar refractivity (Wildman–Crippen MR) is 117 cm³/mol. The number of benzene rings is 2. The topological polar surface area (TPSA) is 64.8 Å². The lowest BCUT2D eigenvalue weighted by Crippen LogP contribution is -2.39. The van der Waals surface area contributed by atoms with Crippen molar-refractivity contribution < 1.29 is 31.1 Å². The third-order valence-corrected chi connectivity index (χ3v) is 6.06. The molecule has 0 unspecified atom stereocenters. The Kier molecular flexibility index (Phi) is 5.37.